The molecule has 0 N–H and O–H groups in total. The predicted octanol–water partition coefficient (Wildman–Crippen LogP) is 5.80. The number of rotatable bonds is 15. The van der Waals surface area contributed by atoms with Crippen LogP contribution in [0.3, 0.4) is 0 Å². The van der Waals surface area contributed by atoms with Crippen LogP contribution in [-0.2, 0) is 41.8 Å². The van der Waals surface area contributed by atoms with Crippen LogP contribution in [0.15, 0.2) is 72.7 Å². The van der Waals surface area contributed by atoms with Gasteiger partial charge in [-0.1, -0.05) is 86.8 Å². The molecule has 228 valence electrons. The number of carbonyl (C=O) groups is 3. The summed E-state index contributed by atoms with van der Waals surface area (Å²) < 4.78 is 16.5. The normalized spacial score (nSPS) is 13.3. The summed E-state index contributed by atoms with van der Waals surface area (Å²) in [7, 11) is 0. The molecule has 2 aromatic carbocycles. The summed E-state index contributed by atoms with van der Waals surface area (Å²) in [4.78, 5) is 45.9. The standard InChI is InChI=1S/C32H43N3O7/c1-5-6-9-18-28(20-33(24-36)41-22-27-16-12-8-13-17-27)30(37)34(21-29-23-39-25-40-29)35(31(38)42-32(2,3)4)19-26-14-10-7-11-15-26/h7-8,10-17,23-24,28H,5-6,9,18-22,25H2,1-4H3. The van der Waals surface area contributed by atoms with Crippen LogP contribution in [0.4, 0.5) is 4.79 Å². The first kappa shape index (κ1) is 32.5. The van der Waals surface area contributed by atoms with E-state index in [1.807, 2.05) is 60.7 Å². The second-order valence-electron chi connectivity index (χ2n) is 11.1. The van der Waals surface area contributed by atoms with E-state index in [0.717, 1.165) is 35.5 Å². The monoisotopic (exact) mass is 581 g/mol. The fourth-order valence-electron chi connectivity index (χ4n) is 4.32. The molecule has 1 aliphatic rings. The van der Waals surface area contributed by atoms with Gasteiger partial charge in [-0.3, -0.25) is 14.4 Å². The van der Waals surface area contributed by atoms with Gasteiger partial charge in [0.2, 0.25) is 19.1 Å². The van der Waals surface area contributed by atoms with Crippen LogP contribution in [0.2, 0.25) is 0 Å². The topological polar surface area (TPSA) is 97.9 Å². The largest absolute Gasteiger partial charge is 0.462 e. The zero-order chi connectivity index (χ0) is 30.4. The number of unbranched alkanes of at least 4 members (excludes halogenated alkanes) is 2. The van der Waals surface area contributed by atoms with Crippen LogP contribution >= 0.6 is 0 Å². The third kappa shape index (κ3) is 10.7. The zero-order valence-electron chi connectivity index (χ0n) is 25.1. The minimum absolute atomic E-state index is 0.0132. The van der Waals surface area contributed by atoms with Crippen molar-refractivity contribution in [2.45, 2.75) is 72.1 Å². The van der Waals surface area contributed by atoms with Crippen molar-refractivity contribution in [1.82, 2.24) is 15.1 Å². The lowest BCUT2D eigenvalue weighted by molar-refractivity contribution is -0.185. The molecule has 1 heterocycles. The van der Waals surface area contributed by atoms with Crippen LogP contribution in [0, 0.1) is 5.92 Å². The fourth-order valence-corrected chi connectivity index (χ4v) is 4.32. The summed E-state index contributed by atoms with van der Waals surface area (Å²) in [6.07, 6.45) is 4.47. The molecule has 0 saturated carbocycles. The Morgan fingerprint density at radius 1 is 0.952 bits per heavy atom. The molecule has 10 heteroatoms. The van der Waals surface area contributed by atoms with Crippen molar-refractivity contribution in [3.05, 3.63) is 83.8 Å². The third-order valence-corrected chi connectivity index (χ3v) is 6.42. The maximum Gasteiger partial charge on any atom is 0.429 e. The second-order valence-corrected chi connectivity index (χ2v) is 11.1. The Bertz CT molecular complexity index is 1150. The number of amides is 3. The first-order valence-corrected chi connectivity index (χ1v) is 14.4. The van der Waals surface area contributed by atoms with Crippen LogP contribution in [0.25, 0.3) is 0 Å². The van der Waals surface area contributed by atoms with Gasteiger partial charge in [0.1, 0.15) is 25.0 Å². The van der Waals surface area contributed by atoms with E-state index in [4.69, 9.17) is 19.0 Å². The van der Waals surface area contributed by atoms with Gasteiger partial charge in [-0.05, 0) is 38.3 Å². The zero-order valence-corrected chi connectivity index (χ0v) is 25.1. The number of ether oxygens (including phenoxy) is 3. The molecule has 42 heavy (non-hydrogen) atoms. The molecule has 3 amide bonds. The molecule has 1 unspecified atom stereocenters. The average molecular weight is 582 g/mol. The highest BCUT2D eigenvalue weighted by atomic mass is 16.7. The molecule has 3 rings (SSSR count). The Morgan fingerprint density at radius 2 is 1.62 bits per heavy atom. The van der Waals surface area contributed by atoms with Crippen molar-refractivity contribution in [1.29, 1.82) is 0 Å². The Labute approximate surface area is 248 Å². The second kappa shape index (κ2) is 16.4. The number of hydroxylamine groups is 2. The molecule has 1 atom stereocenters. The highest BCUT2D eigenvalue weighted by Crippen LogP contribution is 2.23. The van der Waals surface area contributed by atoms with Gasteiger partial charge < -0.3 is 14.2 Å². The van der Waals surface area contributed by atoms with Gasteiger partial charge in [0.25, 0.3) is 0 Å². The van der Waals surface area contributed by atoms with E-state index in [2.05, 4.69) is 6.92 Å². The van der Waals surface area contributed by atoms with Crippen molar-refractivity contribution >= 4 is 18.4 Å². The van der Waals surface area contributed by atoms with Crippen molar-refractivity contribution < 1.29 is 33.4 Å². The number of nitrogens with zero attached hydrogens (tertiary/aromatic N) is 3. The van der Waals surface area contributed by atoms with E-state index in [1.54, 1.807) is 20.8 Å². The summed E-state index contributed by atoms with van der Waals surface area (Å²) in [6.45, 7) is 7.64. The first-order valence-electron chi connectivity index (χ1n) is 14.4. The average Bonchev–Trinajstić information content (AvgIpc) is 3.49. The molecule has 2 aromatic rings. The van der Waals surface area contributed by atoms with Gasteiger partial charge in [0.05, 0.1) is 19.0 Å². The van der Waals surface area contributed by atoms with Crippen molar-refractivity contribution in [2.24, 2.45) is 5.92 Å². The molecular formula is C32H43N3O7. The number of carbonyl (C=O) groups excluding carboxylic acids is 3. The highest BCUT2D eigenvalue weighted by molar-refractivity contribution is 5.82. The summed E-state index contributed by atoms with van der Waals surface area (Å²) >= 11 is 0. The van der Waals surface area contributed by atoms with Crippen LogP contribution < -0.4 is 0 Å². The molecule has 10 nitrogen and oxygen atoms in total. The van der Waals surface area contributed by atoms with E-state index in [-0.39, 0.29) is 38.9 Å². The Morgan fingerprint density at radius 3 is 2.19 bits per heavy atom. The van der Waals surface area contributed by atoms with E-state index >= 15 is 0 Å². The highest BCUT2D eigenvalue weighted by Gasteiger charge is 2.36. The van der Waals surface area contributed by atoms with E-state index < -0.39 is 17.6 Å². The van der Waals surface area contributed by atoms with Crippen LogP contribution in [0.1, 0.15) is 64.5 Å². The summed E-state index contributed by atoms with van der Waals surface area (Å²) in [5.74, 6) is -0.634. The maximum atomic E-state index is 14.4. The smallest absolute Gasteiger partial charge is 0.429 e. The molecule has 0 bridgehead atoms. The molecule has 0 aromatic heterocycles. The summed E-state index contributed by atoms with van der Waals surface area (Å²) in [6, 6.07) is 18.8. The first-order chi connectivity index (χ1) is 20.2. The van der Waals surface area contributed by atoms with Gasteiger partial charge >= 0.3 is 6.09 Å². The summed E-state index contributed by atoms with van der Waals surface area (Å²) in [5.41, 5.74) is 0.902. The Hall–Kier alpha value is -4.05. The number of hydrazine groups is 1. The SMILES string of the molecule is CCCCCC(CN(C=O)OCc1ccccc1)C(=O)N(CC1=COCO1)N(Cc1ccccc1)C(=O)OC(C)(C)C. The van der Waals surface area contributed by atoms with Gasteiger partial charge in [0, 0.05) is 0 Å². The molecule has 0 fully saturated rings. The predicted molar refractivity (Wildman–Crippen MR) is 157 cm³/mol. The fraction of sp³-hybridized carbons (Fsp3) is 0.469. The molecular weight excluding hydrogens is 538 g/mol. The molecule has 0 saturated heterocycles. The number of hydrogen-bond donors (Lipinski definition) is 0. The minimum Gasteiger partial charge on any atom is -0.462 e. The lowest BCUT2D eigenvalue weighted by Crippen LogP contribution is -2.54. The van der Waals surface area contributed by atoms with Crippen LogP contribution in [0.5, 0.6) is 0 Å². The van der Waals surface area contributed by atoms with Crippen molar-refractivity contribution in [3.8, 4) is 0 Å². The molecule has 0 aliphatic carbocycles. The summed E-state index contributed by atoms with van der Waals surface area (Å²) in [5, 5.41) is 3.80. The number of hydrogen-bond acceptors (Lipinski definition) is 7. The van der Waals surface area contributed by atoms with E-state index in [1.165, 1.54) is 16.3 Å². The Balaban J connectivity index is 1.92. The molecule has 0 spiro atoms. The molecule has 0 radical (unpaired) electrons. The quantitative estimate of drug-likeness (QED) is 0.149. The third-order valence-electron chi connectivity index (χ3n) is 6.42. The van der Waals surface area contributed by atoms with Gasteiger partial charge in [0.15, 0.2) is 5.76 Å². The van der Waals surface area contributed by atoms with E-state index in [0.29, 0.717) is 18.6 Å². The lowest BCUT2D eigenvalue weighted by Gasteiger charge is -2.38. The maximum absolute atomic E-state index is 14.4. The van der Waals surface area contributed by atoms with Crippen molar-refractivity contribution in [3.63, 3.8) is 0 Å². The Kier molecular flexibility index (Phi) is 12.7. The van der Waals surface area contributed by atoms with E-state index in [9.17, 15) is 14.4 Å². The van der Waals surface area contributed by atoms with Gasteiger partial charge in [-0.2, -0.15) is 0 Å². The minimum atomic E-state index is -0.799. The van der Waals surface area contributed by atoms with Gasteiger partial charge in [-0.25, -0.2) is 19.9 Å². The van der Waals surface area contributed by atoms with Crippen LogP contribution in [-0.4, -0.2) is 59.0 Å². The number of benzene rings is 2. The molecule has 1 aliphatic heterocycles. The van der Waals surface area contributed by atoms with Gasteiger partial charge in [-0.15, -0.1) is 0 Å². The van der Waals surface area contributed by atoms with Crippen molar-refractivity contribution in [2.75, 3.05) is 19.9 Å². The lowest BCUT2D eigenvalue weighted by atomic mass is 9.99.